The summed E-state index contributed by atoms with van der Waals surface area (Å²) in [6.07, 6.45) is 27.7. The van der Waals surface area contributed by atoms with Gasteiger partial charge in [0, 0.05) is 5.41 Å². The minimum Gasteiger partial charge on any atom is -0.247 e. The van der Waals surface area contributed by atoms with Crippen LogP contribution in [0.4, 0.5) is 0 Å². The zero-order valence-corrected chi connectivity index (χ0v) is 25.5. The van der Waals surface area contributed by atoms with Gasteiger partial charge in [-0.25, -0.2) is 9.55 Å². The van der Waals surface area contributed by atoms with Crippen LogP contribution in [0.1, 0.15) is 139 Å². The van der Waals surface area contributed by atoms with Gasteiger partial charge in [-0.05, 0) is 24.0 Å². The second kappa shape index (κ2) is 18.1. The first-order valence-corrected chi connectivity index (χ1v) is 16.3. The Labute approximate surface area is 240 Å². The first-order valence-electron chi connectivity index (χ1n) is 16.3. The van der Waals surface area contributed by atoms with Gasteiger partial charge in [0.2, 0.25) is 0 Å². The van der Waals surface area contributed by atoms with E-state index in [1.807, 2.05) is 0 Å². The minimum absolute atomic E-state index is 0.0151. The van der Waals surface area contributed by atoms with Crippen LogP contribution in [-0.4, -0.2) is 4.98 Å². The molecule has 1 aromatic heterocycles. The van der Waals surface area contributed by atoms with Crippen molar-refractivity contribution in [2.75, 3.05) is 0 Å². The number of aromatic amines is 1. The zero-order chi connectivity index (χ0) is 27.6. The number of unbranched alkanes of at least 4 members (excludes halogenated alkanes) is 14. The maximum atomic E-state index is 3.63. The summed E-state index contributed by atoms with van der Waals surface area (Å²) in [6, 6.07) is 22.3. The Morgan fingerprint density at radius 3 is 1.64 bits per heavy atom. The molecular weight excluding hydrogens is 472 g/mol. The first kappa shape index (κ1) is 31.2. The number of rotatable bonds is 21. The molecule has 1 N–H and O–H groups in total. The van der Waals surface area contributed by atoms with Crippen LogP contribution in [0.15, 0.2) is 73.1 Å². The van der Waals surface area contributed by atoms with E-state index in [9.17, 15) is 0 Å². The number of nitrogens with zero attached hydrogens (tertiary/aromatic N) is 1. The molecule has 0 aliphatic carbocycles. The fourth-order valence-corrected chi connectivity index (χ4v) is 6.51. The van der Waals surface area contributed by atoms with E-state index in [2.05, 4.69) is 104 Å². The summed E-state index contributed by atoms with van der Waals surface area (Å²) in [5.41, 5.74) is 2.87. The quantitative estimate of drug-likeness (QED) is 0.105. The Hall–Kier alpha value is -2.35. The van der Waals surface area contributed by atoms with E-state index >= 15 is 0 Å². The lowest BCUT2D eigenvalue weighted by atomic mass is 9.66. The second-order valence-electron chi connectivity index (χ2n) is 12.2. The van der Waals surface area contributed by atoms with E-state index < -0.39 is 0 Å². The predicted molar refractivity (Wildman–Crippen MR) is 168 cm³/mol. The van der Waals surface area contributed by atoms with Gasteiger partial charge < -0.3 is 0 Å². The summed E-state index contributed by atoms with van der Waals surface area (Å²) in [5, 5.41) is 0. The van der Waals surface area contributed by atoms with E-state index in [0.29, 0.717) is 5.92 Å². The molecule has 0 saturated heterocycles. The summed E-state index contributed by atoms with van der Waals surface area (Å²) in [4.78, 5) is 3.63. The highest BCUT2D eigenvalue weighted by Gasteiger charge is 2.41. The fraction of sp³-hybridized carbons (Fsp3) is 0.595. The molecular formula is C37H57N2+. The molecule has 0 aliphatic heterocycles. The number of H-pyrrole nitrogens is 1. The highest BCUT2D eigenvalue weighted by Crippen LogP contribution is 2.43. The van der Waals surface area contributed by atoms with Crippen molar-refractivity contribution >= 4 is 0 Å². The molecule has 0 fully saturated rings. The molecule has 3 aromatic rings. The number of aromatic nitrogens is 2. The van der Waals surface area contributed by atoms with Gasteiger partial charge in [0.15, 0.2) is 0 Å². The van der Waals surface area contributed by atoms with Crippen LogP contribution in [0.5, 0.6) is 0 Å². The third-order valence-corrected chi connectivity index (χ3v) is 8.95. The van der Waals surface area contributed by atoms with E-state index in [0.717, 1.165) is 6.42 Å². The number of hydrogen-bond donors (Lipinski definition) is 1. The van der Waals surface area contributed by atoms with E-state index in [1.165, 1.54) is 120 Å². The monoisotopic (exact) mass is 529 g/mol. The van der Waals surface area contributed by atoms with Gasteiger partial charge in [0.1, 0.15) is 12.4 Å². The normalized spacial score (nSPS) is 13.8. The lowest BCUT2D eigenvalue weighted by Crippen LogP contribution is -2.41. The number of aryl methyl sites for hydroxylation is 1. The van der Waals surface area contributed by atoms with E-state index in [1.54, 1.807) is 0 Å². The summed E-state index contributed by atoms with van der Waals surface area (Å²) < 4.78 is 2.31. The van der Waals surface area contributed by atoms with Gasteiger partial charge in [-0.2, -0.15) is 0 Å². The van der Waals surface area contributed by atoms with E-state index in [4.69, 9.17) is 0 Å². The Balaban J connectivity index is 1.47. The molecule has 0 bridgehead atoms. The maximum Gasteiger partial charge on any atom is 0.258 e. The van der Waals surface area contributed by atoms with Gasteiger partial charge in [-0.3, -0.25) is 0 Å². The number of hydrogen-bond acceptors (Lipinski definition) is 0. The molecule has 2 nitrogen and oxygen atoms in total. The highest BCUT2D eigenvalue weighted by molar-refractivity contribution is 5.32. The second-order valence-corrected chi connectivity index (χ2v) is 12.2. The topological polar surface area (TPSA) is 19.7 Å². The molecule has 0 saturated carbocycles. The van der Waals surface area contributed by atoms with Crippen molar-refractivity contribution < 1.29 is 4.57 Å². The molecule has 2 atom stereocenters. The third kappa shape index (κ3) is 10.6. The average Bonchev–Trinajstić information content (AvgIpc) is 3.39. The molecule has 214 valence electrons. The van der Waals surface area contributed by atoms with Crippen LogP contribution in [-0.2, 0) is 18.9 Å². The molecule has 0 radical (unpaired) electrons. The average molecular weight is 530 g/mol. The molecule has 2 aromatic carbocycles. The molecule has 3 rings (SSSR count). The largest absolute Gasteiger partial charge is 0.258 e. The minimum atomic E-state index is 0.0151. The van der Waals surface area contributed by atoms with Crippen LogP contribution >= 0.6 is 0 Å². The van der Waals surface area contributed by atoms with Gasteiger partial charge in [-0.1, -0.05) is 171 Å². The Morgan fingerprint density at radius 1 is 0.667 bits per heavy atom. The SMILES string of the molecule is CCCCCCCCCCCCCCCCCC(c1[nH]cc[n+]1C)C(C)(Cc1ccccc1)c1ccccc1. The Bertz CT molecular complexity index is 993. The highest BCUT2D eigenvalue weighted by atomic mass is 15.0. The standard InChI is InChI=1S/C37H56N2/c1-4-5-6-7-8-9-10-11-12-13-14-15-16-17-24-29-35(36-38-30-31-39(36)3)37(2,34-27-22-19-23-28-34)32-33-25-20-18-21-26-33/h18-23,25-28,30-31,35H,4-17,24,29,32H2,1-3H3/p+1. The molecule has 2 heteroatoms. The van der Waals surface area contributed by atoms with Crippen molar-refractivity contribution in [2.24, 2.45) is 7.05 Å². The van der Waals surface area contributed by atoms with Crippen molar-refractivity contribution in [3.05, 3.63) is 90.0 Å². The van der Waals surface area contributed by atoms with Crippen LogP contribution in [0, 0.1) is 0 Å². The van der Waals surface area contributed by atoms with Gasteiger partial charge in [0.25, 0.3) is 5.82 Å². The van der Waals surface area contributed by atoms with Gasteiger partial charge in [0.05, 0.1) is 13.0 Å². The summed E-state index contributed by atoms with van der Waals surface area (Å²) >= 11 is 0. The van der Waals surface area contributed by atoms with Gasteiger partial charge in [-0.15, -0.1) is 0 Å². The van der Waals surface area contributed by atoms with Crippen molar-refractivity contribution in [2.45, 2.75) is 134 Å². The number of imidazole rings is 1. The lowest BCUT2D eigenvalue weighted by Gasteiger charge is -2.37. The van der Waals surface area contributed by atoms with Crippen LogP contribution in [0.25, 0.3) is 0 Å². The van der Waals surface area contributed by atoms with Crippen LogP contribution in [0.3, 0.4) is 0 Å². The van der Waals surface area contributed by atoms with E-state index in [-0.39, 0.29) is 5.41 Å². The molecule has 0 spiro atoms. The smallest absolute Gasteiger partial charge is 0.247 e. The van der Waals surface area contributed by atoms with Crippen molar-refractivity contribution in [3.63, 3.8) is 0 Å². The maximum absolute atomic E-state index is 3.63. The molecule has 0 aliphatic rings. The number of nitrogens with one attached hydrogen (secondary N) is 1. The van der Waals surface area contributed by atoms with Crippen molar-refractivity contribution in [3.8, 4) is 0 Å². The fourth-order valence-electron chi connectivity index (χ4n) is 6.51. The predicted octanol–water partition coefficient (Wildman–Crippen LogP) is 10.4. The summed E-state index contributed by atoms with van der Waals surface area (Å²) in [6.45, 7) is 4.79. The van der Waals surface area contributed by atoms with Crippen LogP contribution < -0.4 is 4.57 Å². The molecule has 0 amide bonds. The van der Waals surface area contributed by atoms with Gasteiger partial charge >= 0.3 is 0 Å². The lowest BCUT2D eigenvalue weighted by molar-refractivity contribution is -0.679. The van der Waals surface area contributed by atoms with Crippen molar-refractivity contribution in [1.82, 2.24) is 4.98 Å². The zero-order valence-electron chi connectivity index (χ0n) is 25.5. The first-order chi connectivity index (χ1) is 19.1. The van der Waals surface area contributed by atoms with Crippen LogP contribution in [0.2, 0.25) is 0 Å². The Kier molecular flexibility index (Phi) is 14.5. The summed E-state index contributed by atoms with van der Waals surface area (Å²) in [5.74, 6) is 1.78. The molecule has 2 unspecified atom stereocenters. The molecule has 1 heterocycles. The number of benzene rings is 2. The van der Waals surface area contributed by atoms with Crippen molar-refractivity contribution in [1.29, 1.82) is 0 Å². The third-order valence-electron chi connectivity index (χ3n) is 8.95. The Morgan fingerprint density at radius 2 is 1.15 bits per heavy atom. The summed E-state index contributed by atoms with van der Waals surface area (Å²) in [7, 11) is 2.19. The molecule has 39 heavy (non-hydrogen) atoms.